The maximum absolute atomic E-state index is 12.7. The second-order valence-electron chi connectivity index (χ2n) is 8.36. The molecule has 0 bridgehead atoms. The molecule has 192 valence electrons. The van der Waals surface area contributed by atoms with Crippen molar-refractivity contribution in [2.75, 3.05) is 23.1 Å². The zero-order chi connectivity index (χ0) is 26.9. The van der Waals surface area contributed by atoms with Gasteiger partial charge in [-0.25, -0.2) is 9.59 Å². The number of benzene rings is 4. The lowest BCUT2D eigenvalue weighted by molar-refractivity contribution is -0.114. The smallest absolute Gasteiger partial charge is 0.341 e. The van der Waals surface area contributed by atoms with Crippen molar-refractivity contribution in [2.45, 2.75) is 13.0 Å². The van der Waals surface area contributed by atoms with Gasteiger partial charge in [-0.15, -0.1) is 0 Å². The summed E-state index contributed by atoms with van der Waals surface area (Å²) in [5.74, 6) is -0.470. The molecule has 0 heterocycles. The Balaban J connectivity index is 1.54. The number of amides is 3. The topological polar surface area (TPSA) is 106 Å². The van der Waals surface area contributed by atoms with Crippen LogP contribution in [0.25, 0.3) is 0 Å². The van der Waals surface area contributed by atoms with Gasteiger partial charge in [-0.05, 0) is 53.6 Å². The summed E-state index contributed by atoms with van der Waals surface area (Å²) in [5.41, 5.74) is 3.52. The molecule has 8 heteroatoms. The third-order valence-electron chi connectivity index (χ3n) is 5.56. The normalized spacial score (nSPS) is 10.4. The van der Waals surface area contributed by atoms with Gasteiger partial charge in [0, 0.05) is 24.0 Å². The summed E-state index contributed by atoms with van der Waals surface area (Å²) in [7, 11) is 1.29. The number of anilines is 3. The van der Waals surface area contributed by atoms with Crippen molar-refractivity contribution < 1.29 is 23.9 Å². The minimum Gasteiger partial charge on any atom is -0.480 e. The average Bonchev–Trinajstić information content (AvgIpc) is 2.93. The van der Waals surface area contributed by atoms with Crippen molar-refractivity contribution in [3.05, 3.63) is 120 Å². The van der Waals surface area contributed by atoms with E-state index in [0.29, 0.717) is 22.8 Å². The van der Waals surface area contributed by atoms with Crippen molar-refractivity contribution >= 4 is 35.0 Å². The number of carbonyl (C=O) groups is 3. The molecule has 0 saturated carbocycles. The number of hydrogen-bond donors (Lipinski definition) is 3. The zero-order valence-corrected chi connectivity index (χ0v) is 20.9. The monoisotopic (exact) mass is 509 g/mol. The summed E-state index contributed by atoms with van der Waals surface area (Å²) in [4.78, 5) is 36.4. The van der Waals surface area contributed by atoms with E-state index in [-0.39, 0.29) is 11.5 Å². The standard InChI is InChI=1S/C30H27N3O5/c1-20(34)31-23-13-15-24(16-14-23)32-30(36)33-25-17-18-27(26(19-25)29(35)37-2)38-28(21-9-5-3-6-10-21)22-11-7-4-8-12-22/h3-19,28H,1-2H3,(H,31,34)(H2,32,33,36). The second kappa shape index (κ2) is 12.2. The molecule has 4 aromatic rings. The first-order valence-electron chi connectivity index (χ1n) is 11.9. The highest BCUT2D eigenvalue weighted by Gasteiger charge is 2.21. The lowest BCUT2D eigenvalue weighted by Gasteiger charge is -2.22. The lowest BCUT2D eigenvalue weighted by Crippen LogP contribution is -2.20. The van der Waals surface area contributed by atoms with E-state index in [4.69, 9.17) is 9.47 Å². The van der Waals surface area contributed by atoms with Gasteiger partial charge in [-0.2, -0.15) is 0 Å². The van der Waals surface area contributed by atoms with E-state index in [1.165, 1.54) is 20.1 Å². The van der Waals surface area contributed by atoms with Crippen LogP contribution < -0.4 is 20.7 Å². The van der Waals surface area contributed by atoms with Gasteiger partial charge in [-0.3, -0.25) is 4.79 Å². The SMILES string of the molecule is COC(=O)c1cc(NC(=O)Nc2ccc(NC(C)=O)cc2)ccc1OC(c1ccccc1)c1ccccc1. The van der Waals surface area contributed by atoms with Crippen LogP contribution in [0.15, 0.2) is 103 Å². The Hall–Kier alpha value is -5.11. The highest BCUT2D eigenvalue weighted by Crippen LogP contribution is 2.32. The molecular weight excluding hydrogens is 482 g/mol. The molecule has 0 aliphatic heterocycles. The van der Waals surface area contributed by atoms with E-state index in [9.17, 15) is 14.4 Å². The van der Waals surface area contributed by atoms with E-state index < -0.39 is 18.1 Å². The molecule has 0 saturated heterocycles. The van der Waals surface area contributed by atoms with Gasteiger partial charge < -0.3 is 25.4 Å². The molecule has 0 aromatic heterocycles. The maximum Gasteiger partial charge on any atom is 0.341 e. The summed E-state index contributed by atoms with van der Waals surface area (Å²) >= 11 is 0. The molecule has 0 spiro atoms. The van der Waals surface area contributed by atoms with E-state index in [2.05, 4.69) is 16.0 Å². The van der Waals surface area contributed by atoms with Gasteiger partial charge in [0.2, 0.25) is 5.91 Å². The highest BCUT2D eigenvalue weighted by atomic mass is 16.5. The van der Waals surface area contributed by atoms with Crippen LogP contribution in [0, 0.1) is 0 Å². The molecule has 3 N–H and O–H groups in total. The average molecular weight is 510 g/mol. The molecule has 38 heavy (non-hydrogen) atoms. The van der Waals surface area contributed by atoms with Gasteiger partial charge in [0.15, 0.2) is 0 Å². The quantitative estimate of drug-likeness (QED) is 0.244. The number of rotatable bonds is 8. The van der Waals surface area contributed by atoms with Gasteiger partial charge >= 0.3 is 12.0 Å². The highest BCUT2D eigenvalue weighted by molar-refractivity contribution is 6.01. The fraction of sp³-hybridized carbons (Fsp3) is 0.100. The minimum atomic E-state index is -0.600. The molecule has 4 rings (SSSR count). The minimum absolute atomic E-state index is 0.168. The number of esters is 1. The van der Waals surface area contributed by atoms with Crippen molar-refractivity contribution in [2.24, 2.45) is 0 Å². The maximum atomic E-state index is 12.7. The summed E-state index contributed by atoms with van der Waals surface area (Å²) in [6.45, 7) is 1.42. The van der Waals surface area contributed by atoms with E-state index in [1.54, 1.807) is 36.4 Å². The van der Waals surface area contributed by atoms with Crippen LogP contribution in [-0.2, 0) is 9.53 Å². The first-order valence-corrected chi connectivity index (χ1v) is 11.9. The summed E-state index contributed by atoms with van der Waals surface area (Å²) in [5, 5.41) is 8.09. The first-order chi connectivity index (χ1) is 18.4. The van der Waals surface area contributed by atoms with Crippen LogP contribution in [0.2, 0.25) is 0 Å². The van der Waals surface area contributed by atoms with Crippen LogP contribution in [0.5, 0.6) is 5.75 Å². The van der Waals surface area contributed by atoms with Crippen LogP contribution in [-0.4, -0.2) is 25.0 Å². The molecule has 0 aliphatic carbocycles. The number of ether oxygens (including phenoxy) is 2. The Morgan fingerprint density at radius 3 is 1.68 bits per heavy atom. The molecule has 0 atom stereocenters. The van der Waals surface area contributed by atoms with Crippen molar-refractivity contribution in [1.29, 1.82) is 0 Å². The third-order valence-corrected chi connectivity index (χ3v) is 5.56. The van der Waals surface area contributed by atoms with Crippen LogP contribution >= 0.6 is 0 Å². The number of urea groups is 1. The largest absolute Gasteiger partial charge is 0.480 e. The Morgan fingerprint density at radius 1 is 0.658 bits per heavy atom. The predicted molar refractivity (Wildman–Crippen MR) is 147 cm³/mol. The van der Waals surface area contributed by atoms with Crippen LogP contribution in [0.1, 0.15) is 34.5 Å². The number of carbonyl (C=O) groups excluding carboxylic acids is 3. The molecule has 8 nitrogen and oxygen atoms in total. The van der Waals surface area contributed by atoms with Crippen molar-refractivity contribution in [1.82, 2.24) is 0 Å². The van der Waals surface area contributed by atoms with Gasteiger partial charge in [0.1, 0.15) is 17.4 Å². The second-order valence-corrected chi connectivity index (χ2v) is 8.36. The fourth-order valence-corrected chi connectivity index (χ4v) is 3.82. The Morgan fingerprint density at radius 2 is 1.16 bits per heavy atom. The first kappa shape index (κ1) is 26.0. The van der Waals surface area contributed by atoms with Crippen LogP contribution in [0.3, 0.4) is 0 Å². The van der Waals surface area contributed by atoms with Gasteiger partial charge in [-0.1, -0.05) is 60.7 Å². The zero-order valence-electron chi connectivity index (χ0n) is 20.9. The summed E-state index contributed by atoms with van der Waals surface area (Å²) in [6, 6.07) is 30.3. The predicted octanol–water partition coefficient (Wildman–Crippen LogP) is 6.24. The van der Waals surface area contributed by atoms with E-state index in [1.807, 2.05) is 60.7 Å². The van der Waals surface area contributed by atoms with Gasteiger partial charge in [0.05, 0.1) is 7.11 Å². The van der Waals surface area contributed by atoms with Crippen molar-refractivity contribution in [3.63, 3.8) is 0 Å². The summed E-state index contributed by atoms with van der Waals surface area (Å²) in [6.07, 6.45) is -0.469. The molecule has 0 fully saturated rings. The number of methoxy groups -OCH3 is 1. The third kappa shape index (κ3) is 6.76. The van der Waals surface area contributed by atoms with E-state index >= 15 is 0 Å². The molecule has 0 radical (unpaired) electrons. The van der Waals surface area contributed by atoms with E-state index in [0.717, 1.165) is 11.1 Å². The molecule has 3 amide bonds. The lowest BCUT2D eigenvalue weighted by atomic mass is 10.0. The molecule has 4 aromatic carbocycles. The van der Waals surface area contributed by atoms with Gasteiger partial charge in [0.25, 0.3) is 0 Å². The van der Waals surface area contributed by atoms with Crippen LogP contribution in [0.4, 0.5) is 21.9 Å². The number of hydrogen-bond acceptors (Lipinski definition) is 5. The molecule has 0 aliphatic rings. The van der Waals surface area contributed by atoms with Crippen molar-refractivity contribution in [3.8, 4) is 5.75 Å². The summed E-state index contributed by atoms with van der Waals surface area (Å²) < 4.78 is 11.4. The fourth-order valence-electron chi connectivity index (χ4n) is 3.82. The Bertz CT molecular complexity index is 1370. The molecule has 0 unspecified atom stereocenters. The molecular formula is C30H27N3O5. The Labute approximate surface area is 220 Å². The Kier molecular flexibility index (Phi) is 8.35. The number of nitrogens with one attached hydrogen (secondary N) is 3.